The second-order valence-corrected chi connectivity index (χ2v) is 5.67. The van der Waals surface area contributed by atoms with Crippen molar-refractivity contribution in [3.63, 3.8) is 0 Å². The van der Waals surface area contributed by atoms with E-state index < -0.39 is 12.8 Å². The average molecular weight is 284 g/mol. The largest absolute Gasteiger partial charge is 0.411 e. The van der Waals surface area contributed by atoms with Crippen LogP contribution >= 0.6 is 0 Å². The normalized spacial score (nSPS) is 13.3. The van der Waals surface area contributed by atoms with Gasteiger partial charge in [-0.1, -0.05) is 20.8 Å². The predicted octanol–water partition coefficient (Wildman–Crippen LogP) is 2.65. The molecule has 0 spiro atoms. The van der Waals surface area contributed by atoms with Crippen molar-refractivity contribution in [2.24, 2.45) is 11.1 Å². The molecule has 0 saturated carbocycles. The predicted molar refractivity (Wildman–Crippen MR) is 71.1 cm³/mol. The van der Waals surface area contributed by atoms with Crippen LogP contribution < -0.4 is 5.73 Å². The molecule has 19 heavy (non-hydrogen) atoms. The first kappa shape index (κ1) is 18.7. The monoisotopic (exact) mass is 284 g/mol. The first-order chi connectivity index (χ1) is 8.70. The van der Waals surface area contributed by atoms with Gasteiger partial charge in [0.2, 0.25) is 0 Å². The standard InChI is InChI=1S/C13H27F3N2O/c1-4-6-18(10-12(2,3)9-17)7-5-8-19-11-13(14,15)16/h4-11,17H2,1-3H3. The molecule has 0 aromatic heterocycles. The minimum Gasteiger partial charge on any atom is -0.372 e. The number of hydrogen-bond donors (Lipinski definition) is 1. The Hall–Kier alpha value is -0.330. The Labute approximate surface area is 114 Å². The molecule has 6 heteroatoms. The lowest BCUT2D eigenvalue weighted by atomic mass is 9.93. The van der Waals surface area contributed by atoms with Crippen LogP contribution in [0.15, 0.2) is 0 Å². The van der Waals surface area contributed by atoms with Gasteiger partial charge < -0.3 is 15.4 Å². The lowest BCUT2D eigenvalue weighted by molar-refractivity contribution is -0.174. The summed E-state index contributed by atoms with van der Waals surface area (Å²) in [5, 5.41) is 0. The maximum absolute atomic E-state index is 11.9. The highest BCUT2D eigenvalue weighted by molar-refractivity contribution is 4.74. The molecule has 0 aliphatic rings. The van der Waals surface area contributed by atoms with Gasteiger partial charge in [-0.05, 0) is 31.3 Å². The average Bonchev–Trinajstić information content (AvgIpc) is 2.27. The highest BCUT2D eigenvalue weighted by Crippen LogP contribution is 2.16. The Morgan fingerprint density at radius 2 is 1.79 bits per heavy atom. The Balaban J connectivity index is 3.89. The van der Waals surface area contributed by atoms with Crippen LogP contribution in [-0.2, 0) is 4.74 Å². The van der Waals surface area contributed by atoms with Gasteiger partial charge in [-0.2, -0.15) is 13.2 Å². The van der Waals surface area contributed by atoms with Crippen LogP contribution in [0.1, 0.15) is 33.6 Å². The van der Waals surface area contributed by atoms with Crippen LogP contribution in [-0.4, -0.2) is 50.5 Å². The number of halogens is 3. The molecule has 0 radical (unpaired) electrons. The molecule has 0 unspecified atom stereocenters. The number of ether oxygens (including phenoxy) is 1. The summed E-state index contributed by atoms with van der Waals surface area (Å²) in [6.07, 6.45) is -2.61. The summed E-state index contributed by atoms with van der Waals surface area (Å²) in [6.45, 7) is 8.39. The Bertz CT molecular complexity index is 232. The lowest BCUT2D eigenvalue weighted by Gasteiger charge is -2.31. The van der Waals surface area contributed by atoms with Crippen LogP contribution in [0.25, 0.3) is 0 Å². The van der Waals surface area contributed by atoms with E-state index in [-0.39, 0.29) is 12.0 Å². The summed E-state index contributed by atoms with van der Waals surface area (Å²) in [5.74, 6) is 0. The van der Waals surface area contributed by atoms with E-state index in [1.807, 2.05) is 0 Å². The minimum atomic E-state index is -4.23. The fourth-order valence-corrected chi connectivity index (χ4v) is 1.83. The zero-order valence-electron chi connectivity index (χ0n) is 12.2. The van der Waals surface area contributed by atoms with Crippen molar-refractivity contribution in [1.29, 1.82) is 0 Å². The zero-order valence-corrected chi connectivity index (χ0v) is 12.2. The number of nitrogens with zero attached hydrogens (tertiary/aromatic N) is 1. The third kappa shape index (κ3) is 11.2. The molecule has 0 bridgehead atoms. The molecule has 0 saturated heterocycles. The molecule has 0 heterocycles. The molecule has 3 nitrogen and oxygen atoms in total. The maximum atomic E-state index is 11.9. The molecule has 0 aliphatic heterocycles. The van der Waals surface area contributed by atoms with Gasteiger partial charge in [-0.3, -0.25) is 0 Å². The Morgan fingerprint density at radius 1 is 1.16 bits per heavy atom. The van der Waals surface area contributed by atoms with Gasteiger partial charge in [0, 0.05) is 19.7 Å². The van der Waals surface area contributed by atoms with Gasteiger partial charge in [-0.25, -0.2) is 0 Å². The second kappa shape index (κ2) is 8.76. The SMILES string of the molecule is CCCN(CCCOCC(F)(F)F)CC(C)(C)CN. The molecule has 0 fully saturated rings. The van der Waals surface area contributed by atoms with Crippen molar-refractivity contribution >= 4 is 0 Å². The number of rotatable bonds is 10. The quantitative estimate of drug-likeness (QED) is 0.627. The third-order valence-corrected chi connectivity index (χ3v) is 2.77. The number of hydrogen-bond acceptors (Lipinski definition) is 3. The minimum absolute atomic E-state index is 0.0298. The smallest absolute Gasteiger partial charge is 0.372 e. The molecule has 0 rings (SSSR count). The van der Waals surface area contributed by atoms with Gasteiger partial charge in [0.1, 0.15) is 6.61 Å². The van der Waals surface area contributed by atoms with Crippen molar-refractivity contribution in [3.05, 3.63) is 0 Å². The molecular weight excluding hydrogens is 257 g/mol. The molecule has 0 aromatic carbocycles. The first-order valence-electron chi connectivity index (χ1n) is 6.77. The highest BCUT2D eigenvalue weighted by Gasteiger charge is 2.27. The van der Waals surface area contributed by atoms with Crippen LogP contribution in [0, 0.1) is 5.41 Å². The fourth-order valence-electron chi connectivity index (χ4n) is 1.83. The van der Waals surface area contributed by atoms with Gasteiger partial charge in [0.15, 0.2) is 0 Å². The summed E-state index contributed by atoms with van der Waals surface area (Å²) in [7, 11) is 0. The van der Waals surface area contributed by atoms with Crippen molar-refractivity contribution in [3.8, 4) is 0 Å². The molecule has 0 atom stereocenters. The molecule has 2 N–H and O–H groups in total. The zero-order chi connectivity index (χ0) is 14.9. The van der Waals surface area contributed by atoms with E-state index in [1.54, 1.807) is 0 Å². The second-order valence-electron chi connectivity index (χ2n) is 5.67. The van der Waals surface area contributed by atoms with Crippen molar-refractivity contribution < 1.29 is 17.9 Å². The summed E-state index contributed by atoms with van der Waals surface area (Å²) in [6, 6.07) is 0. The lowest BCUT2D eigenvalue weighted by Crippen LogP contribution is -2.39. The van der Waals surface area contributed by atoms with Crippen LogP contribution in [0.2, 0.25) is 0 Å². The molecule has 0 amide bonds. The van der Waals surface area contributed by atoms with E-state index in [0.29, 0.717) is 13.0 Å². The number of nitrogens with two attached hydrogens (primary N) is 1. The van der Waals surface area contributed by atoms with Crippen LogP contribution in [0.5, 0.6) is 0 Å². The van der Waals surface area contributed by atoms with E-state index in [4.69, 9.17) is 5.73 Å². The van der Waals surface area contributed by atoms with Gasteiger partial charge in [-0.15, -0.1) is 0 Å². The third-order valence-electron chi connectivity index (χ3n) is 2.77. The maximum Gasteiger partial charge on any atom is 0.411 e. The summed E-state index contributed by atoms with van der Waals surface area (Å²) < 4.78 is 40.3. The van der Waals surface area contributed by atoms with Crippen molar-refractivity contribution in [1.82, 2.24) is 4.90 Å². The van der Waals surface area contributed by atoms with Gasteiger partial charge >= 0.3 is 6.18 Å². The first-order valence-corrected chi connectivity index (χ1v) is 6.77. The summed E-state index contributed by atoms with van der Waals surface area (Å²) >= 11 is 0. The fraction of sp³-hybridized carbons (Fsp3) is 1.00. The molecular formula is C13H27F3N2O. The highest BCUT2D eigenvalue weighted by atomic mass is 19.4. The van der Waals surface area contributed by atoms with E-state index in [9.17, 15) is 13.2 Å². The van der Waals surface area contributed by atoms with Gasteiger partial charge in [0.25, 0.3) is 0 Å². The summed E-state index contributed by atoms with van der Waals surface area (Å²) in [4.78, 5) is 2.24. The van der Waals surface area contributed by atoms with Gasteiger partial charge in [0.05, 0.1) is 0 Å². The molecule has 0 aromatic rings. The van der Waals surface area contributed by atoms with Crippen molar-refractivity contribution in [2.75, 3.05) is 39.4 Å². The van der Waals surface area contributed by atoms with E-state index in [1.165, 1.54) is 0 Å². The summed E-state index contributed by atoms with van der Waals surface area (Å²) in [5.41, 5.74) is 5.73. The van der Waals surface area contributed by atoms with Crippen LogP contribution in [0.3, 0.4) is 0 Å². The van der Waals surface area contributed by atoms with E-state index in [0.717, 1.165) is 26.1 Å². The Kier molecular flexibility index (Phi) is 8.61. The molecule has 0 aliphatic carbocycles. The van der Waals surface area contributed by atoms with E-state index in [2.05, 4.69) is 30.4 Å². The van der Waals surface area contributed by atoms with E-state index >= 15 is 0 Å². The molecule has 116 valence electrons. The van der Waals surface area contributed by atoms with Crippen molar-refractivity contribution in [2.45, 2.75) is 39.8 Å². The Morgan fingerprint density at radius 3 is 2.26 bits per heavy atom. The number of alkyl halides is 3. The topological polar surface area (TPSA) is 38.5 Å². The van der Waals surface area contributed by atoms with Crippen LogP contribution in [0.4, 0.5) is 13.2 Å².